The smallest absolute Gasteiger partial charge is 0.146 e. The number of halogens is 1. The van der Waals surface area contributed by atoms with E-state index in [0.717, 1.165) is 0 Å². The molecule has 0 atom stereocenters. The lowest BCUT2D eigenvalue weighted by Crippen LogP contribution is -1.87. The molecule has 0 fully saturated rings. The van der Waals surface area contributed by atoms with Gasteiger partial charge >= 0.3 is 0 Å². The number of nitriles is 2. The highest BCUT2D eigenvalue weighted by Crippen LogP contribution is 2.30. The van der Waals surface area contributed by atoms with Gasteiger partial charge < -0.3 is 4.74 Å². The lowest BCUT2D eigenvalue weighted by atomic mass is 10.2. The molecule has 86 valence electrons. The molecule has 2 aromatic carbocycles. The van der Waals surface area contributed by atoms with Crippen molar-refractivity contribution < 1.29 is 4.74 Å². The van der Waals surface area contributed by atoms with Crippen LogP contribution in [0.4, 0.5) is 0 Å². The van der Waals surface area contributed by atoms with Gasteiger partial charge in [-0.15, -0.1) is 0 Å². The molecule has 0 unspecified atom stereocenters. The third-order valence-electron chi connectivity index (χ3n) is 2.25. The molecule has 2 rings (SSSR count). The van der Waals surface area contributed by atoms with Crippen molar-refractivity contribution in [3.05, 3.63) is 58.6 Å². The Kier molecular flexibility index (Phi) is 3.48. The zero-order valence-corrected chi connectivity index (χ0v) is 9.98. The van der Waals surface area contributed by atoms with Crippen molar-refractivity contribution in [1.29, 1.82) is 10.5 Å². The van der Waals surface area contributed by atoms with Crippen LogP contribution < -0.4 is 4.74 Å². The van der Waals surface area contributed by atoms with Gasteiger partial charge in [0.15, 0.2) is 0 Å². The van der Waals surface area contributed by atoms with Crippen LogP contribution in [0.15, 0.2) is 42.5 Å². The maximum absolute atomic E-state index is 8.78. The normalized spacial score (nSPS) is 9.28. The zero-order valence-electron chi connectivity index (χ0n) is 9.22. The van der Waals surface area contributed by atoms with Gasteiger partial charge in [-0.05, 0) is 36.4 Å². The van der Waals surface area contributed by atoms with Crippen molar-refractivity contribution >= 4 is 11.6 Å². The monoisotopic (exact) mass is 254 g/mol. The van der Waals surface area contributed by atoms with E-state index in [-0.39, 0.29) is 0 Å². The van der Waals surface area contributed by atoms with Crippen molar-refractivity contribution in [2.45, 2.75) is 0 Å². The van der Waals surface area contributed by atoms with Crippen LogP contribution in [-0.2, 0) is 0 Å². The number of ether oxygens (including phenoxy) is 1. The van der Waals surface area contributed by atoms with Gasteiger partial charge in [0, 0.05) is 0 Å². The van der Waals surface area contributed by atoms with Crippen molar-refractivity contribution in [1.82, 2.24) is 0 Å². The molecule has 0 radical (unpaired) electrons. The Labute approximate surface area is 109 Å². The molecule has 0 saturated heterocycles. The van der Waals surface area contributed by atoms with Crippen molar-refractivity contribution in [3.8, 4) is 23.6 Å². The van der Waals surface area contributed by atoms with Crippen LogP contribution >= 0.6 is 11.6 Å². The van der Waals surface area contributed by atoms with Gasteiger partial charge in [0.25, 0.3) is 0 Å². The Hall–Kier alpha value is -2.49. The van der Waals surface area contributed by atoms with E-state index in [2.05, 4.69) is 0 Å². The van der Waals surface area contributed by atoms with Crippen LogP contribution in [0, 0.1) is 22.7 Å². The summed E-state index contributed by atoms with van der Waals surface area (Å²) in [5, 5.41) is 17.9. The van der Waals surface area contributed by atoms with Crippen molar-refractivity contribution in [3.63, 3.8) is 0 Å². The third-order valence-corrected chi connectivity index (χ3v) is 2.55. The minimum atomic E-state index is 0.358. The number of benzene rings is 2. The quantitative estimate of drug-likeness (QED) is 0.817. The zero-order chi connectivity index (χ0) is 13.0. The Morgan fingerprint density at radius 2 is 1.67 bits per heavy atom. The topological polar surface area (TPSA) is 56.8 Å². The lowest BCUT2D eigenvalue weighted by molar-refractivity contribution is 0.482. The van der Waals surface area contributed by atoms with E-state index in [1.807, 2.05) is 12.1 Å². The Balaban J connectivity index is 2.29. The minimum absolute atomic E-state index is 0.358. The second kappa shape index (κ2) is 5.23. The summed E-state index contributed by atoms with van der Waals surface area (Å²) in [7, 11) is 0. The number of nitrogens with zero attached hydrogens (tertiary/aromatic N) is 2. The van der Waals surface area contributed by atoms with Gasteiger partial charge in [0.05, 0.1) is 28.3 Å². The average molecular weight is 255 g/mol. The van der Waals surface area contributed by atoms with E-state index >= 15 is 0 Å². The average Bonchev–Trinajstić information content (AvgIpc) is 2.41. The fourth-order valence-corrected chi connectivity index (χ4v) is 1.63. The Bertz CT molecular complexity index is 668. The predicted molar refractivity (Wildman–Crippen MR) is 67.4 cm³/mol. The number of hydrogen-bond acceptors (Lipinski definition) is 3. The van der Waals surface area contributed by atoms with Gasteiger partial charge in [0.2, 0.25) is 0 Å². The molecule has 4 heteroatoms. The van der Waals surface area contributed by atoms with Gasteiger partial charge in [-0.3, -0.25) is 0 Å². The molecule has 3 nitrogen and oxygen atoms in total. The summed E-state index contributed by atoms with van der Waals surface area (Å²) in [5.74, 6) is 0.978. The molecule has 0 aliphatic rings. The van der Waals surface area contributed by atoms with Crippen LogP contribution in [0.25, 0.3) is 0 Å². The number of hydrogen-bond donors (Lipinski definition) is 0. The summed E-state index contributed by atoms with van der Waals surface area (Å²) in [6.07, 6.45) is 0. The van der Waals surface area contributed by atoms with E-state index in [4.69, 9.17) is 26.9 Å². The lowest BCUT2D eigenvalue weighted by Gasteiger charge is -2.07. The van der Waals surface area contributed by atoms with Crippen molar-refractivity contribution in [2.24, 2.45) is 0 Å². The van der Waals surface area contributed by atoms with Crippen LogP contribution in [0.2, 0.25) is 5.02 Å². The maximum atomic E-state index is 8.78. The summed E-state index contributed by atoms with van der Waals surface area (Å²) in [6, 6.07) is 15.6. The number of rotatable bonds is 2. The molecule has 0 aliphatic carbocycles. The van der Waals surface area contributed by atoms with Gasteiger partial charge in [-0.2, -0.15) is 10.5 Å². The predicted octanol–water partition coefficient (Wildman–Crippen LogP) is 3.88. The van der Waals surface area contributed by atoms with Crippen LogP contribution in [-0.4, -0.2) is 0 Å². The molecule has 0 heterocycles. The maximum Gasteiger partial charge on any atom is 0.146 e. The summed E-state index contributed by atoms with van der Waals surface area (Å²) in [6.45, 7) is 0. The molecule has 0 N–H and O–H groups in total. The molecule has 0 amide bonds. The summed E-state index contributed by atoms with van der Waals surface area (Å²) in [4.78, 5) is 0. The molecule has 0 bridgehead atoms. The highest BCUT2D eigenvalue weighted by atomic mass is 35.5. The van der Waals surface area contributed by atoms with E-state index in [9.17, 15) is 0 Å². The first-order chi connectivity index (χ1) is 8.72. The first kappa shape index (κ1) is 12.0. The second-order valence-corrected chi connectivity index (χ2v) is 3.91. The first-order valence-electron chi connectivity index (χ1n) is 5.10. The van der Waals surface area contributed by atoms with E-state index in [1.54, 1.807) is 36.4 Å². The van der Waals surface area contributed by atoms with E-state index in [1.165, 1.54) is 6.07 Å². The molecule has 0 aliphatic heterocycles. The minimum Gasteiger partial charge on any atom is -0.456 e. The Morgan fingerprint density at radius 3 is 2.33 bits per heavy atom. The highest BCUT2D eigenvalue weighted by Gasteiger charge is 2.05. The fraction of sp³-hybridized carbons (Fsp3) is 0. The van der Waals surface area contributed by atoms with Gasteiger partial charge in [0.1, 0.15) is 11.5 Å². The first-order valence-corrected chi connectivity index (χ1v) is 5.48. The highest BCUT2D eigenvalue weighted by molar-refractivity contribution is 6.32. The van der Waals surface area contributed by atoms with Crippen LogP contribution in [0.5, 0.6) is 11.5 Å². The third kappa shape index (κ3) is 2.60. The molecule has 18 heavy (non-hydrogen) atoms. The molecular formula is C14H7ClN2O. The SMILES string of the molecule is N#Cc1cccc(Oc2ccc(C#N)cc2Cl)c1. The van der Waals surface area contributed by atoms with Gasteiger partial charge in [-0.25, -0.2) is 0 Å². The standard InChI is InChI=1S/C14H7ClN2O/c15-13-7-11(9-17)4-5-14(13)18-12-3-1-2-10(6-12)8-16/h1-7H. The van der Waals surface area contributed by atoms with E-state index in [0.29, 0.717) is 27.6 Å². The van der Waals surface area contributed by atoms with E-state index < -0.39 is 0 Å². The largest absolute Gasteiger partial charge is 0.456 e. The molecule has 0 aromatic heterocycles. The summed E-state index contributed by atoms with van der Waals surface area (Å²) >= 11 is 5.99. The molecule has 2 aromatic rings. The fourth-order valence-electron chi connectivity index (χ4n) is 1.41. The van der Waals surface area contributed by atoms with Crippen LogP contribution in [0.3, 0.4) is 0 Å². The molecular weight excluding hydrogens is 248 g/mol. The molecule has 0 saturated carbocycles. The molecule has 0 spiro atoms. The summed E-state index contributed by atoms with van der Waals surface area (Å²) < 4.78 is 5.56. The van der Waals surface area contributed by atoms with Crippen molar-refractivity contribution in [2.75, 3.05) is 0 Å². The van der Waals surface area contributed by atoms with Crippen LogP contribution in [0.1, 0.15) is 11.1 Å². The second-order valence-electron chi connectivity index (χ2n) is 3.50. The summed E-state index contributed by atoms with van der Waals surface area (Å²) in [5.41, 5.74) is 0.982. The van der Waals surface area contributed by atoms with Gasteiger partial charge in [-0.1, -0.05) is 17.7 Å². The Morgan fingerprint density at radius 1 is 0.944 bits per heavy atom.